The normalized spacial score (nSPS) is 10.7. The van der Waals surface area contributed by atoms with E-state index in [-0.39, 0.29) is 24.5 Å². The molecule has 0 bridgehead atoms. The molecule has 1 amide bonds. The molecule has 0 radical (unpaired) electrons. The highest BCUT2D eigenvalue weighted by Gasteiger charge is 2.12. The number of anilines is 1. The maximum absolute atomic E-state index is 12.4. The molecule has 10 heteroatoms. The first-order valence-corrected chi connectivity index (χ1v) is 10.2. The number of halogens is 1. The molecule has 2 aromatic heterocycles. The van der Waals surface area contributed by atoms with Gasteiger partial charge in [-0.05, 0) is 49.4 Å². The smallest absolute Gasteiger partial charge is 0.338 e. The SMILES string of the molecule is Cc1cc2nc(COC(=O)c3cccc(NC(=O)COc4ccc(Cl)cc4)c3)cc(=O)n2o1. The first-order chi connectivity index (χ1) is 15.9. The first-order valence-electron chi connectivity index (χ1n) is 9.82. The summed E-state index contributed by atoms with van der Waals surface area (Å²) in [5, 5.41) is 3.22. The monoisotopic (exact) mass is 467 g/mol. The molecule has 1 N–H and O–H groups in total. The van der Waals surface area contributed by atoms with Crippen LogP contribution in [0.3, 0.4) is 0 Å². The second-order valence-corrected chi connectivity index (χ2v) is 7.47. The fourth-order valence-corrected chi connectivity index (χ4v) is 3.10. The van der Waals surface area contributed by atoms with Gasteiger partial charge in [0.2, 0.25) is 0 Å². The van der Waals surface area contributed by atoms with Crippen molar-refractivity contribution in [1.29, 1.82) is 0 Å². The Balaban J connectivity index is 1.34. The van der Waals surface area contributed by atoms with Crippen LogP contribution in [0, 0.1) is 6.92 Å². The van der Waals surface area contributed by atoms with Crippen molar-refractivity contribution in [3.05, 3.63) is 93.1 Å². The molecule has 0 unspecified atom stereocenters. The Morgan fingerprint density at radius 1 is 1.12 bits per heavy atom. The Hall–Kier alpha value is -4.11. The zero-order valence-corrected chi connectivity index (χ0v) is 18.2. The van der Waals surface area contributed by atoms with E-state index >= 15 is 0 Å². The highest BCUT2D eigenvalue weighted by Crippen LogP contribution is 2.16. The van der Waals surface area contributed by atoms with Gasteiger partial charge in [-0.15, -0.1) is 4.57 Å². The molecule has 0 saturated carbocycles. The number of nitrogens with one attached hydrogen (secondary N) is 1. The third-order valence-corrected chi connectivity index (χ3v) is 4.69. The van der Waals surface area contributed by atoms with Crippen LogP contribution < -0.4 is 15.6 Å². The van der Waals surface area contributed by atoms with Crippen molar-refractivity contribution < 1.29 is 23.6 Å². The lowest BCUT2D eigenvalue weighted by Gasteiger charge is -2.09. The Morgan fingerprint density at radius 3 is 2.70 bits per heavy atom. The van der Waals surface area contributed by atoms with Crippen molar-refractivity contribution in [2.24, 2.45) is 0 Å². The lowest BCUT2D eigenvalue weighted by atomic mass is 10.2. The fourth-order valence-electron chi connectivity index (χ4n) is 2.97. The van der Waals surface area contributed by atoms with E-state index in [1.54, 1.807) is 55.5 Å². The van der Waals surface area contributed by atoms with Crippen LogP contribution in [0.2, 0.25) is 5.02 Å². The van der Waals surface area contributed by atoms with Crippen LogP contribution in [0.4, 0.5) is 5.69 Å². The number of aromatic nitrogens is 2. The van der Waals surface area contributed by atoms with Gasteiger partial charge < -0.3 is 19.3 Å². The standard InChI is InChI=1S/C23H18ClN3O6/c1-14-9-20-25-18(11-22(29)27(20)33-14)12-32-23(30)15-3-2-4-17(10-15)26-21(28)13-31-19-7-5-16(24)6-8-19/h2-11H,12-13H2,1H3,(H,26,28). The number of ether oxygens (including phenoxy) is 2. The van der Waals surface area contributed by atoms with Crippen molar-refractivity contribution in [2.75, 3.05) is 11.9 Å². The van der Waals surface area contributed by atoms with Crippen LogP contribution >= 0.6 is 11.6 Å². The van der Waals surface area contributed by atoms with Crippen molar-refractivity contribution in [1.82, 2.24) is 9.56 Å². The fraction of sp³-hybridized carbons (Fsp3) is 0.130. The molecule has 9 nitrogen and oxygen atoms in total. The molecule has 0 aliphatic carbocycles. The third-order valence-electron chi connectivity index (χ3n) is 4.44. The van der Waals surface area contributed by atoms with Gasteiger partial charge in [0, 0.05) is 22.8 Å². The number of fused-ring (bicyclic) bond motifs is 1. The van der Waals surface area contributed by atoms with Gasteiger partial charge in [-0.1, -0.05) is 17.7 Å². The summed E-state index contributed by atoms with van der Waals surface area (Å²) >= 11 is 5.82. The van der Waals surface area contributed by atoms with Crippen LogP contribution in [0.15, 0.2) is 70.0 Å². The molecule has 0 saturated heterocycles. The molecule has 2 aromatic carbocycles. The zero-order valence-electron chi connectivity index (χ0n) is 17.4. The molecule has 4 aromatic rings. The summed E-state index contributed by atoms with van der Waals surface area (Å²) in [7, 11) is 0. The van der Waals surface area contributed by atoms with Crippen LogP contribution in [0.25, 0.3) is 5.65 Å². The summed E-state index contributed by atoms with van der Waals surface area (Å²) in [5.74, 6) is 0.00722. The minimum atomic E-state index is -0.631. The molecule has 0 atom stereocenters. The summed E-state index contributed by atoms with van der Waals surface area (Å²) in [4.78, 5) is 40.9. The Labute approximate surface area is 192 Å². The molecule has 0 fully saturated rings. The van der Waals surface area contributed by atoms with Crippen LogP contribution in [-0.4, -0.2) is 28.0 Å². The van der Waals surface area contributed by atoms with Gasteiger partial charge in [0.25, 0.3) is 11.5 Å². The van der Waals surface area contributed by atoms with Crippen LogP contribution in [0.1, 0.15) is 21.8 Å². The minimum Gasteiger partial charge on any atom is -0.484 e. The molecule has 0 spiro atoms. The summed E-state index contributed by atoms with van der Waals surface area (Å²) in [6.45, 7) is 1.29. The summed E-state index contributed by atoms with van der Waals surface area (Å²) in [6, 6.07) is 15.7. The van der Waals surface area contributed by atoms with Gasteiger partial charge in [-0.25, -0.2) is 9.78 Å². The van der Waals surface area contributed by atoms with E-state index in [0.29, 0.717) is 27.9 Å². The highest BCUT2D eigenvalue weighted by molar-refractivity contribution is 6.30. The van der Waals surface area contributed by atoms with E-state index in [9.17, 15) is 14.4 Å². The number of nitrogens with zero attached hydrogens (tertiary/aromatic N) is 2. The van der Waals surface area contributed by atoms with Gasteiger partial charge in [0.05, 0.1) is 11.3 Å². The number of amides is 1. The highest BCUT2D eigenvalue weighted by atomic mass is 35.5. The average Bonchev–Trinajstić information content (AvgIpc) is 3.18. The maximum atomic E-state index is 12.4. The predicted octanol–water partition coefficient (Wildman–Crippen LogP) is 3.62. The molecular formula is C23H18ClN3O6. The van der Waals surface area contributed by atoms with Gasteiger partial charge in [0.15, 0.2) is 12.3 Å². The van der Waals surface area contributed by atoms with E-state index in [0.717, 1.165) is 4.57 Å². The second kappa shape index (κ2) is 9.58. The van der Waals surface area contributed by atoms with Crippen molar-refractivity contribution >= 4 is 34.8 Å². The van der Waals surface area contributed by atoms with Crippen molar-refractivity contribution in [2.45, 2.75) is 13.5 Å². The van der Waals surface area contributed by atoms with Crippen molar-refractivity contribution in [3.8, 4) is 5.75 Å². The Kier molecular flexibility index (Phi) is 6.41. The van der Waals surface area contributed by atoms with Gasteiger partial charge in [0.1, 0.15) is 18.1 Å². The lowest BCUT2D eigenvalue weighted by molar-refractivity contribution is -0.118. The quantitative estimate of drug-likeness (QED) is 0.413. The molecule has 0 aliphatic rings. The number of rotatable bonds is 7. The molecule has 168 valence electrons. The number of hydrogen-bond donors (Lipinski definition) is 1. The minimum absolute atomic E-state index is 0.194. The van der Waals surface area contributed by atoms with E-state index in [1.807, 2.05) is 0 Å². The van der Waals surface area contributed by atoms with E-state index in [4.69, 9.17) is 25.6 Å². The number of esters is 1. The molecule has 0 aliphatic heterocycles. The summed E-state index contributed by atoms with van der Waals surface area (Å²) < 4.78 is 17.0. The first kappa shape index (κ1) is 22.1. The lowest BCUT2D eigenvalue weighted by Crippen LogP contribution is -2.20. The Bertz CT molecular complexity index is 1380. The predicted molar refractivity (Wildman–Crippen MR) is 120 cm³/mol. The maximum Gasteiger partial charge on any atom is 0.338 e. The molecular weight excluding hydrogens is 450 g/mol. The second-order valence-electron chi connectivity index (χ2n) is 7.03. The number of carbonyl (C=O) groups is 2. The molecule has 2 heterocycles. The van der Waals surface area contributed by atoms with E-state index in [1.165, 1.54) is 12.1 Å². The zero-order chi connectivity index (χ0) is 23.4. The average molecular weight is 468 g/mol. The van der Waals surface area contributed by atoms with Gasteiger partial charge >= 0.3 is 5.97 Å². The van der Waals surface area contributed by atoms with Crippen LogP contribution in [0.5, 0.6) is 5.75 Å². The van der Waals surface area contributed by atoms with Crippen LogP contribution in [-0.2, 0) is 16.1 Å². The molecule has 4 rings (SSSR count). The third kappa shape index (κ3) is 5.58. The van der Waals surface area contributed by atoms with E-state index < -0.39 is 17.4 Å². The van der Waals surface area contributed by atoms with Crippen molar-refractivity contribution in [3.63, 3.8) is 0 Å². The summed E-state index contributed by atoms with van der Waals surface area (Å²) in [6.07, 6.45) is 0. The summed E-state index contributed by atoms with van der Waals surface area (Å²) in [5.41, 5.74) is 0.836. The van der Waals surface area contributed by atoms with E-state index in [2.05, 4.69) is 10.3 Å². The molecule has 33 heavy (non-hydrogen) atoms. The number of hydrogen-bond acceptors (Lipinski definition) is 7. The number of benzene rings is 2. The van der Waals surface area contributed by atoms with Gasteiger partial charge in [-0.3, -0.25) is 9.59 Å². The Morgan fingerprint density at radius 2 is 1.91 bits per heavy atom. The topological polar surface area (TPSA) is 112 Å². The number of aryl methyl sites for hydroxylation is 1. The number of carbonyl (C=O) groups excluding carboxylic acids is 2. The van der Waals surface area contributed by atoms with Gasteiger partial charge in [-0.2, -0.15) is 0 Å². The largest absolute Gasteiger partial charge is 0.484 e.